The number of thioether (sulfide) groups is 1. The second-order valence-electron chi connectivity index (χ2n) is 5.78. The number of halogens is 1. The number of benzene rings is 1. The molecule has 1 saturated heterocycles. The zero-order chi connectivity index (χ0) is 17.0. The number of nitrogens with zero attached hydrogens (tertiary/aromatic N) is 1. The summed E-state index contributed by atoms with van der Waals surface area (Å²) in [6.45, 7) is 3.11. The van der Waals surface area contributed by atoms with E-state index in [1.807, 2.05) is 19.2 Å². The molecule has 2 N–H and O–H groups in total. The summed E-state index contributed by atoms with van der Waals surface area (Å²) in [7, 11) is 3.52. The fourth-order valence-corrected chi connectivity index (χ4v) is 3.76. The lowest BCUT2D eigenvalue weighted by Gasteiger charge is -2.15. The van der Waals surface area contributed by atoms with Gasteiger partial charge in [0.1, 0.15) is 5.75 Å². The van der Waals surface area contributed by atoms with Gasteiger partial charge in [0.15, 0.2) is 5.96 Å². The van der Waals surface area contributed by atoms with Crippen LogP contribution in [0.4, 0.5) is 0 Å². The molecule has 1 unspecified atom stereocenters. The third-order valence-corrected chi connectivity index (χ3v) is 5.26. The average molecular weight is 479 g/mol. The van der Waals surface area contributed by atoms with Gasteiger partial charge in [-0.05, 0) is 36.3 Å². The first kappa shape index (κ1) is 22.4. The van der Waals surface area contributed by atoms with Crippen molar-refractivity contribution in [1.82, 2.24) is 10.6 Å². The van der Waals surface area contributed by atoms with Gasteiger partial charge in [-0.2, -0.15) is 11.8 Å². The van der Waals surface area contributed by atoms with Crippen LogP contribution in [-0.4, -0.2) is 50.9 Å². The number of rotatable bonds is 9. The highest BCUT2D eigenvalue weighted by Crippen LogP contribution is 2.25. The molecule has 0 amide bonds. The molecule has 0 aliphatic carbocycles. The standard InChI is InChI=1S/C18H29N3O2S.HI/c1-19-18(21-14-17-8-4-11-24-17)20-13-15-6-3-7-16(12-15)23-10-5-9-22-2;/h3,6-7,12,17H,4-5,8-11,13-14H2,1-2H3,(H2,19,20,21);1H. The smallest absolute Gasteiger partial charge is 0.191 e. The summed E-state index contributed by atoms with van der Waals surface area (Å²) in [5, 5.41) is 7.50. The Morgan fingerprint density at radius 1 is 1.32 bits per heavy atom. The monoisotopic (exact) mass is 479 g/mol. The van der Waals surface area contributed by atoms with Gasteiger partial charge in [-0.15, -0.1) is 24.0 Å². The van der Waals surface area contributed by atoms with Gasteiger partial charge < -0.3 is 20.1 Å². The van der Waals surface area contributed by atoms with Gasteiger partial charge in [-0.25, -0.2) is 0 Å². The summed E-state index contributed by atoms with van der Waals surface area (Å²) in [4.78, 5) is 4.30. The van der Waals surface area contributed by atoms with Crippen molar-refractivity contribution in [2.24, 2.45) is 4.99 Å². The summed E-state index contributed by atoms with van der Waals surface area (Å²) < 4.78 is 10.8. The predicted molar refractivity (Wildman–Crippen MR) is 118 cm³/mol. The fraction of sp³-hybridized carbons (Fsp3) is 0.611. The van der Waals surface area contributed by atoms with Crippen LogP contribution in [0.25, 0.3) is 0 Å². The maximum Gasteiger partial charge on any atom is 0.191 e. The molecule has 0 spiro atoms. The maximum atomic E-state index is 5.74. The van der Waals surface area contributed by atoms with E-state index >= 15 is 0 Å². The first-order valence-corrected chi connectivity index (χ1v) is 9.63. The molecule has 5 nitrogen and oxygen atoms in total. The number of guanidine groups is 1. The molecule has 0 radical (unpaired) electrons. The number of aliphatic imine (C=N–C) groups is 1. The molecule has 1 heterocycles. The summed E-state index contributed by atoms with van der Waals surface area (Å²) in [5.41, 5.74) is 1.18. The Hall–Kier alpha value is -0.670. The molecule has 0 saturated carbocycles. The van der Waals surface area contributed by atoms with E-state index in [0.717, 1.165) is 37.8 Å². The van der Waals surface area contributed by atoms with Gasteiger partial charge in [0.05, 0.1) is 6.61 Å². The lowest BCUT2D eigenvalue weighted by atomic mass is 10.2. The Morgan fingerprint density at radius 3 is 2.92 bits per heavy atom. The molecule has 0 bridgehead atoms. The molecule has 2 rings (SSSR count). The highest BCUT2D eigenvalue weighted by Gasteiger charge is 2.15. The van der Waals surface area contributed by atoms with E-state index in [0.29, 0.717) is 11.9 Å². The fourth-order valence-electron chi connectivity index (χ4n) is 2.56. The molecule has 1 fully saturated rings. The first-order valence-electron chi connectivity index (χ1n) is 8.58. The minimum absolute atomic E-state index is 0. The van der Waals surface area contributed by atoms with Crippen LogP contribution in [0, 0.1) is 0 Å². The van der Waals surface area contributed by atoms with Crippen molar-refractivity contribution in [3.63, 3.8) is 0 Å². The number of hydrogen-bond acceptors (Lipinski definition) is 4. The number of nitrogens with one attached hydrogen (secondary N) is 2. The van der Waals surface area contributed by atoms with Crippen LogP contribution in [0.15, 0.2) is 29.3 Å². The van der Waals surface area contributed by atoms with Crippen molar-refractivity contribution < 1.29 is 9.47 Å². The molecule has 0 aromatic heterocycles. The van der Waals surface area contributed by atoms with Gasteiger partial charge in [0, 0.05) is 45.5 Å². The van der Waals surface area contributed by atoms with Crippen molar-refractivity contribution in [3.8, 4) is 5.75 Å². The topological polar surface area (TPSA) is 54.9 Å². The molecular weight excluding hydrogens is 449 g/mol. The molecule has 1 aromatic carbocycles. The molecule has 25 heavy (non-hydrogen) atoms. The lowest BCUT2D eigenvalue weighted by molar-refractivity contribution is 0.172. The first-order chi connectivity index (χ1) is 11.8. The molecular formula is C18H30IN3O2S. The molecule has 1 atom stereocenters. The highest BCUT2D eigenvalue weighted by atomic mass is 127. The van der Waals surface area contributed by atoms with E-state index in [4.69, 9.17) is 9.47 Å². The Morgan fingerprint density at radius 2 is 2.20 bits per heavy atom. The minimum Gasteiger partial charge on any atom is -0.493 e. The Kier molecular flexibility index (Phi) is 12.1. The Bertz CT molecular complexity index is 511. The molecule has 7 heteroatoms. The summed E-state index contributed by atoms with van der Waals surface area (Å²) >= 11 is 2.05. The SMILES string of the molecule is CN=C(NCc1cccc(OCCCOC)c1)NCC1CCCS1.I. The predicted octanol–water partition coefficient (Wildman–Crippen LogP) is 3.28. The van der Waals surface area contributed by atoms with Crippen molar-refractivity contribution >= 4 is 41.7 Å². The summed E-state index contributed by atoms with van der Waals surface area (Å²) in [6.07, 6.45) is 3.53. The Labute approximate surface area is 172 Å². The van der Waals surface area contributed by atoms with E-state index in [1.54, 1.807) is 7.11 Å². The molecule has 1 aromatic rings. The van der Waals surface area contributed by atoms with E-state index in [2.05, 4.69) is 39.5 Å². The van der Waals surface area contributed by atoms with E-state index in [-0.39, 0.29) is 24.0 Å². The number of methoxy groups -OCH3 is 1. The van der Waals surface area contributed by atoms with Crippen LogP contribution < -0.4 is 15.4 Å². The van der Waals surface area contributed by atoms with Crippen molar-refractivity contribution in [2.75, 3.05) is 39.7 Å². The van der Waals surface area contributed by atoms with Crippen LogP contribution in [0.1, 0.15) is 24.8 Å². The Balaban J connectivity index is 0.00000312. The quantitative estimate of drug-likeness (QED) is 0.247. The van der Waals surface area contributed by atoms with E-state index < -0.39 is 0 Å². The van der Waals surface area contributed by atoms with Gasteiger partial charge in [-0.1, -0.05) is 12.1 Å². The zero-order valence-electron chi connectivity index (χ0n) is 15.1. The van der Waals surface area contributed by atoms with E-state index in [9.17, 15) is 0 Å². The third-order valence-electron chi connectivity index (χ3n) is 3.86. The third kappa shape index (κ3) is 9.01. The van der Waals surface area contributed by atoms with Crippen LogP contribution in [-0.2, 0) is 11.3 Å². The van der Waals surface area contributed by atoms with Crippen LogP contribution in [0.3, 0.4) is 0 Å². The summed E-state index contributed by atoms with van der Waals surface area (Å²) in [5.74, 6) is 3.04. The zero-order valence-corrected chi connectivity index (χ0v) is 18.3. The van der Waals surface area contributed by atoms with Crippen LogP contribution >= 0.6 is 35.7 Å². The largest absolute Gasteiger partial charge is 0.493 e. The second-order valence-corrected chi connectivity index (χ2v) is 7.19. The molecule has 1 aliphatic heterocycles. The molecule has 1 aliphatic rings. The lowest BCUT2D eigenvalue weighted by Crippen LogP contribution is -2.39. The van der Waals surface area contributed by atoms with Crippen LogP contribution in [0.2, 0.25) is 0 Å². The van der Waals surface area contributed by atoms with Crippen molar-refractivity contribution in [2.45, 2.75) is 31.1 Å². The van der Waals surface area contributed by atoms with Crippen molar-refractivity contribution in [3.05, 3.63) is 29.8 Å². The molecule has 142 valence electrons. The second kappa shape index (κ2) is 13.5. The minimum atomic E-state index is 0. The highest BCUT2D eigenvalue weighted by molar-refractivity contribution is 14.0. The number of hydrogen-bond donors (Lipinski definition) is 2. The van der Waals surface area contributed by atoms with E-state index in [1.165, 1.54) is 24.2 Å². The summed E-state index contributed by atoms with van der Waals surface area (Å²) in [6, 6.07) is 8.17. The average Bonchev–Trinajstić information content (AvgIpc) is 3.13. The van der Waals surface area contributed by atoms with Gasteiger partial charge in [0.2, 0.25) is 0 Å². The van der Waals surface area contributed by atoms with Gasteiger partial charge >= 0.3 is 0 Å². The van der Waals surface area contributed by atoms with Gasteiger partial charge in [0.25, 0.3) is 0 Å². The van der Waals surface area contributed by atoms with Crippen LogP contribution in [0.5, 0.6) is 5.75 Å². The normalized spacial score (nSPS) is 17.0. The number of ether oxygens (including phenoxy) is 2. The maximum absolute atomic E-state index is 5.74. The van der Waals surface area contributed by atoms with Gasteiger partial charge in [-0.3, -0.25) is 4.99 Å². The van der Waals surface area contributed by atoms with Crippen molar-refractivity contribution in [1.29, 1.82) is 0 Å².